The zero-order chi connectivity index (χ0) is 23.1. The van der Waals surface area contributed by atoms with Gasteiger partial charge >= 0.3 is 0 Å². The van der Waals surface area contributed by atoms with Gasteiger partial charge in [0.25, 0.3) is 0 Å². The first kappa shape index (κ1) is 24.8. The first-order valence-electron chi connectivity index (χ1n) is 11.9. The molecule has 2 aliphatic heterocycles. The van der Waals surface area contributed by atoms with Crippen molar-refractivity contribution in [3.05, 3.63) is 34.7 Å². The number of nitrogens with one attached hydrogen (secondary N) is 1. The van der Waals surface area contributed by atoms with Crippen LogP contribution in [-0.4, -0.2) is 80.3 Å². The molecule has 178 valence electrons. The molecule has 0 aromatic rings. The molecule has 4 unspecified atom stereocenters. The highest BCUT2D eigenvalue weighted by atomic mass is 16.5. The van der Waals surface area contributed by atoms with Crippen molar-refractivity contribution in [2.45, 2.75) is 64.4 Å². The lowest BCUT2D eigenvalue weighted by molar-refractivity contribution is -0.0511. The third-order valence-electron chi connectivity index (χ3n) is 7.03. The van der Waals surface area contributed by atoms with Gasteiger partial charge in [0.2, 0.25) is 0 Å². The Bertz CT molecular complexity index is 766. The van der Waals surface area contributed by atoms with Gasteiger partial charge in [0.15, 0.2) is 0 Å². The molecule has 0 saturated carbocycles. The van der Waals surface area contributed by atoms with Crippen LogP contribution in [0.2, 0.25) is 0 Å². The Morgan fingerprint density at radius 2 is 2.22 bits per heavy atom. The molecule has 32 heavy (non-hydrogen) atoms. The van der Waals surface area contributed by atoms with Gasteiger partial charge in [-0.15, -0.1) is 0 Å². The molecule has 0 bridgehead atoms. The molecule has 2 N–H and O–H groups in total. The number of likely N-dealkylation sites (tertiary alicyclic amines) is 1. The van der Waals surface area contributed by atoms with Crippen molar-refractivity contribution in [1.29, 1.82) is 5.26 Å². The van der Waals surface area contributed by atoms with Crippen molar-refractivity contribution >= 4 is 0 Å². The van der Waals surface area contributed by atoms with Crippen LogP contribution in [0.25, 0.3) is 0 Å². The highest BCUT2D eigenvalue weighted by molar-refractivity contribution is 5.25. The largest absolute Gasteiger partial charge is 0.384 e. The van der Waals surface area contributed by atoms with Crippen LogP contribution >= 0.6 is 0 Å². The minimum atomic E-state index is -0.658. The molecule has 4 atom stereocenters. The Morgan fingerprint density at radius 3 is 2.88 bits per heavy atom. The van der Waals surface area contributed by atoms with Crippen LogP contribution < -0.4 is 5.32 Å². The van der Waals surface area contributed by atoms with E-state index in [1.54, 1.807) is 7.11 Å². The highest BCUT2D eigenvalue weighted by Gasteiger charge is 2.41. The van der Waals surface area contributed by atoms with Gasteiger partial charge in [0.1, 0.15) is 6.23 Å². The van der Waals surface area contributed by atoms with Crippen LogP contribution in [0, 0.1) is 17.2 Å². The van der Waals surface area contributed by atoms with Crippen LogP contribution in [0.15, 0.2) is 34.7 Å². The first-order valence-corrected chi connectivity index (χ1v) is 11.9. The second kappa shape index (κ2) is 11.9. The van der Waals surface area contributed by atoms with Gasteiger partial charge in [0, 0.05) is 57.6 Å². The second-order valence-corrected chi connectivity index (χ2v) is 9.43. The lowest BCUT2D eigenvalue weighted by atomic mass is 9.90. The smallest absolute Gasteiger partial charge is 0.120 e. The summed E-state index contributed by atoms with van der Waals surface area (Å²) < 4.78 is 11.7. The highest BCUT2D eigenvalue weighted by Crippen LogP contribution is 2.37. The number of rotatable bonds is 10. The topological polar surface area (TPSA) is 81.0 Å². The van der Waals surface area contributed by atoms with Gasteiger partial charge < -0.3 is 24.8 Å². The van der Waals surface area contributed by atoms with Crippen molar-refractivity contribution in [2.24, 2.45) is 5.92 Å². The molecule has 0 spiro atoms. The van der Waals surface area contributed by atoms with E-state index in [4.69, 9.17) is 14.7 Å². The summed E-state index contributed by atoms with van der Waals surface area (Å²) in [7, 11) is 3.86. The zero-order valence-corrected chi connectivity index (χ0v) is 20.1. The molecular weight excluding hydrogens is 404 g/mol. The zero-order valence-electron chi connectivity index (χ0n) is 20.1. The summed E-state index contributed by atoms with van der Waals surface area (Å²) in [5.41, 5.74) is 5.28. The van der Waals surface area contributed by atoms with E-state index >= 15 is 0 Å². The number of allylic oxidation sites excluding steroid dienone is 5. The monoisotopic (exact) mass is 444 g/mol. The van der Waals surface area contributed by atoms with E-state index in [1.165, 1.54) is 22.5 Å². The minimum Gasteiger partial charge on any atom is -0.384 e. The quantitative estimate of drug-likeness (QED) is 0.502. The number of ether oxygens (including phenoxy) is 2. The summed E-state index contributed by atoms with van der Waals surface area (Å²) in [4.78, 5) is 4.31. The molecule has 3 aliphatic rings. The molecule has 2 saturated heterocycles. The van der Waals surface area contributed by atoms with E-state index in [0.29, 0.717) is 5.92 Å². The number of hydrogen-bond donors (Lipinski definition) is 2. The molecule has 7 nitrogen and oxygen atoms in total. The van der Waals surface area contributed by atoms with Crippen molar-refractivity contribution in [3.63, 3.8) is 0 Å². The SMILES string of the molecule is COCCN(C)C1=CC=C(NCC(=C(C)C)C2CC3CN(C(O)CC#N)CCC3O2)CC1. The lowest BCUT2D eigenvalue weighted by Crippen LogP contribution is -2.46. The fourth-order valence-corrected chi connectivity index (χ4v) is 4.98. The third-order valence-corrected chi connectivity index (χ3v) is 7.03. The summed E-state index contributed by atoms with van der Waals surface area (Å²) in [6.45, 7) is 8.40. The summed E-state index contributed by atoms with van der Waals surface area (Å²) >= 11 is 0. The van der Waals surface area contributed by atoms with E-state index in [1.807, 2.05) is 4.90 Å². The number of aliphatic hydroxyl groups is 1. The molecule has 2 fully saturated rings. The predicted octanol–water partition coefficient (Wildman–Crippen LogP) is 2.76. The maximum absolute atomic E-state index is 10.2. The van der Waals surface area contributed by atoms with Crippen molar-refractivity contribution in [2.75, 3.05) is 46.9 Å². The summed E-state index contributed by atoms with van der Waals surface area (Å²) in [5, 5.41) is 22.7. The maximum Gasteiger partial charge on any atom is 0.120 e. The van der Waals surface area contributed by atoms with Gasteiger partial charge in [-0.25, -0.2) is 0 Å². The van der Waals surface area contributed by atoms with Crippen molar-refractivity contribution in [1.82, 2.24) is 15.1 Å². The van der Waals surface area contributed by atoms with E-state index < -0.39 is 6.23 Å². The van der Waals surface area contributed by atoms with Crippen LogP contribution in [0.4, 0.5) is 0 Å². The number of nitriles is 1. The number of methoxy groups -OCH3 is 1. The first-order chi connectivity index (χ1) is 15.4. The number of hydrogen-bond acceptors (Lipinski definition) is 7. The summed E-state index contributed by atoms with van der Waals surface area (Å²) in [6, 6.07) is 2.08. The molecule has 0 aromatic carbocycles. The van der Waals surface area contributed by atoms with Crippen molar-refractivity contribution in [3.8, 4) is 6.07 Å². The van der Waals surface area contributed by atoms with Crippen LogP contribution in [0.1, 0.15) is 46.0 Å². The summed E-state index contributed by atoms with van der Waals surface area (Å²) in [5.74, 6) is 0.415. The second-order valence-electron chi connectivity index (χ2n) is 9.43. The van der Waals surface area contributed by atoms with Gasteiger partial charge in [-0.3, -0.25) is 4.90 Å². The van der Waals surface area contributed by atoms with E-state index in [9.17, 15) is 5.11 Å². The number of aliphatic hydroxyl groups excluding tert-OH is 1. The third kappa shape index (κ3) is 6.35. The van der Waals surface area contributed by atoms with E-state index in [0.717, 1.165) is 58.5 Å². The molecular formula is C25H40N4O3. The molecule has 7 heteroatoms. The fourth-order valence-electron chi connectivity index (χ4n) is 4.98. The Hall–Kier alpha value is -1.85. The standard InChI is InChI=1S/C25H40N4O3/c1-18(2)22(16-27-20-5-7-21(8-6-20)28(3)13-14-31-4)24-15-19-17-29(25(30)9-11-26)12-10-23(19)32-24/h5,7,19,23-25,27,30H,6,8-10,12-17H2,1-4H3. The van der Waals surface area contributed by atoms with E-state index in [2.05, 4.69) is 49.3 Å². The van der Waals surface area contributed by atoms with Gasteiger partial charge in [0.05, 0.1) is 31.3 Å². The lowest BCUT2D eigenvalue weighted by Gasteiger charge is -2.36. The summed E-state index contributed by atoms with van der Waals surface area (Å²) in [6.07, 6.45) is 8.26. The Morgan fingerprint density at radius 1 is 1.41 bits per heavy atom. The number of likely N-dealkylation sites (N-methyl/N-ethyl adjacent to an activating group) is 1. The number of fused-ring (bicyclic) bond motifs is 1. The molecule has 1 aliphatic carbocycles. The van der Waals surface area contributed by atoms with Gasteiger partial charge in [-0.2, -0.15) is 5.26 Å². The van der Waals surface area contributed by atoms with Gasteiger partial charge in [-0.1, -0.05) is 5.57 Å². The minimum absolute atomic E-state index is 0.131. The van der Waals surface area contributed by atoms with Crippen LogP contribution in [-0.2, 0) is 9.47 Å². The average Bonchev–Trinajstić information content (AvgIpc) is 3.20. The Balaban J connectivity index is 1.54. The van der Waals surface area contributed by atoms with Crippen LogP contribution in [0.5, 0.6) is 0 Å². The predicted molar refractivity (Wildman–Crippen MR) is 125 cm³/mol. The molecule has 2 heterocycles. The van der Waals surface area contributed by atoms with E-state index in [-0.39, 0.29) is 18.6 Å². The van der Waals surface area contributed by atoms with Crippen LogP contribution in [0.3, 0.4) is 0 Å². The Kier molecular flexibility index (Phi) is 9.18. The normalized spacial score (nSPS) is 26.4. The average molecular weight is 445 g/mol. The number of piperidine rings is 1. The molecule has 0 aromatic heterocycles. The molecule has 0 radical (unpaired) electrons. The maximum atomic E-state index is 10.2. The number of nitrogens with zero attached hydrogens (tertiary/aromatic N) is 3. The fraction of sp³-hybridized carbons (Fsp3) is 0.720. The Labute approximate surface area is 193 Å². The molecule has 3 rings (SSSR count). The van der Waals surface area contributed by atoms with Gasteiger partial charge in [-0.05, 0) is 57.3 Å². The molecule has 0 amide bonds. The van der Waals surface area contributed by atoms with Crippen molar-refractivity contribution < 1.29 is 14.6 Å².